The fourth-order valence-corrected chi connectivity index (χ4v) is 0.377. The highest BCUT2D eigenvalue weighted by atomic mass is 16.1. The molecule has 1 nitrogen and oxygen atoms in total. The lowest BCUT2D eigenvalue weighted by molar-refractivity contribution is -0.113. The van der Waals surface area contributed by atoms with Crippen molar-refractivity contribution in [3.05, 3.63) is 18.4 Å². The molecule has 46 valence electrons. The smallest absolute Gasteiger partial charge is 0.205 e. The number of hydrogen-bond donors (Lipinski definition) is 0. The van der Waals surface area contributed by atoms with Crippen LogP contribution in [-0.4, -0.2) is 5.78 Å². The fraction of sp³-hybridized carbons (Fsp3) is 0.250. The summed E-state index contributed by atoms with van der Waals surface area (Å²) in [7, 11) is 0. The zero-order chi connectivity index (χ0) is 7.11. The van der Waals surface area contributed by atoms with Gasteiger partial charge in [-0.05, 0) is 18.4 Å². The highest BCUT2D eigenvalue weighted by molar-refractivity contribution is 5.94. The second kappa shape index (κ2) is 4.90. The zero-order valence-electron chi connectivity index (χ0n) is 5.18. The standard InChI is InChI=1S/C8H8O/c1-3-5-6-7-8(9)4-2/h2,5H,1,6-7H2. The lowest BCUT2D eigenvalue weighted by Crippen LogP contribution is -1.89. The van der Waals surface area contributed by atoms with Gasteiger partial charge >= 0.3 is 0 Å². The molecule has 0 aromatic heterocycles. The van der Waals surface area contributed by atoms with Gasteiger partial charge in [0.15, 0.2) is 0 Å². The monoisotopic (exact) mass is 120 g/mol. The summed E-state index contributed by atoms with van der Waals surface area (Å²) in [4.78, 5) is 10.4. The maximum Gasteiger partial charge on any atom is 0.205 e. The molecule has 0 radical (unpaired) electrons. The van der Waals surface area contributed by atoms with E-state index in [1.165, 1.54) is 0 Å². The third-order valence-corrected chi connectivity index (χ3v) is 0.821. The van der Waals surface area contributed by atoms with Gasteiger partial charge in [-0.1, -0.05) is 6.58 Å². The molecule has 0 aliphatic rings. The molecule has 0 saturated heterocycles. The Hall–Kier alpha value is -1.25. The van der Waals surface area contributed by atoms with Gasteiger partial charge < -0.3 is 0 Å². The van der Waals surface area contributed by atoms with Crippen molar-refractivity contribution >= 4 is 5.78 Å². The van der Waals surface area contributed by atoms with Gasteiger partial charge in [-0.15, -0.1) is 12.2 Å². The molecule has 0 fully saturated rings. The van der Waals surface area contributed by atoms with Crippen LogP contribution in [0.15, 0.2) is 18.4 Å². The molecule has 0 unspecified atom stereocenters. The normalized spacial score (nSPS) is 7.00. The number of rotatable bonds is 3. The molecule has 0 bridgehead atoms. The van der Waals surface area contributed by atoms with E-state index in [1.807, 2.05) is 5.92 Å². The van der Waals surface area contributed by atoms with Crippen LogP contribution in [0.4, 0.5) is 0 Å². The van der Waals surface area contributed by atoms with Gasteiger partial charge in [0.05, 0.1) is 0 Å². The number of carbonyl (C=O) groups is 1. The van der Waals surface area contributed by atoms with Crippen molar-refractivity contribution in [2.24, 2.45) is 0 Å². The van der Waals surface area contributed by atoms with Crippen molar-refractivity contribution in [3.63, 3.8) is 0 Å². The number of ketones is 1. The van der Waals surface area contributed by atoms with Crippen LogP contribution < -0.4 is 0 Å². The summed E-state index contributed by atoms with van der Waals surface area (Å²) in [5.74, 6) is 1.85. The molecule has 0 aliphatic carbocycles. The van der Waals surface area contributed by atoms with Crippen LogP contribution in [0.1, 0.15) is 12.8 Å². The first-order valence-electron chi connectivity index (χ1n) is 2.65. The average molecular weight is 120 g/mol. The highest BCUT2D eigenvalue weighted by Crippen LogP contribution is 1.89. The predicted octanol–water partition coefficient (Wildman–Crippen LogP) is 1.31. The van der Waals surface area contributed by atoms with Gasteiger partial charge in [-0.3, -0.25) is 4.79 Å². The minimum atomic E-state index is -0.165. The van der Waals surface area contributed by atoms with Gasteiger partial charge in [-0.25, -0.2) is 0 Å². The molecule has 1 heteroatoms. The lowest BCUT2D eigenvalue weighted by atomic mass is 10.2. The van der Waals surface area contributed by atoms with Gasteiger partial charge in [-0.2, -0.15) is 0 Å². The van der Waals surface area contributed by atoms with Crippen LogP contribution in [0.25, 0.3) is 0 Å². The van der Waals surface area contributed by atoms with Crippen molar-refractivity contribution in [1.29, 1.82) is 0 Å². The SMILES string of the molecule is C#CC(=O)CCC=C=C. The third-order valence-electron chi connectivity index (χ3n) is 0.821. The molecule has 9 heavy (non-hydrogen) atoms. The van der Waals surface area contributed by atoms with E-state index in [0.717, 1.165) is 0 Å². The van der Waals surface area contributed by atoms with E-state index in [0.29, 0.717) is 12.8 Å². The summed E-state index contributed by atoms with van der Waals surface area (Å²) in [6.45, 7) is 3.34. The van der Waals surface area contributed by atoms with Crippen molar-refractivity contribution in [2.75, 3.05) is 0 Å². The highest BCUT2D eigenvalue weighted by Gasteiger charge is 1.90. The number of hydrogen-bond acceptors (Lipinski definition) is 1. The predicted molar refractivity (Wildman–Crippen MR) is 36.8 cm³/mol. The van der Waals surface area contributed by atoms with Crippen LogP contribution in [0.2, 0.25) is 0 Å². The summed E-state index contributed by atoms with van der Waals surface area (Å²) in [6, 6.07) is 0. The van der Waals surface area contributed by atoms with Gasteiger partial charge in [0.1, 0.15) is 0 Å². The largest absolute Gasteiger partial charge is 0.285 e. The second-order valence-electron chi connectivity index (χ2n) is 1.51. The summed E-state index contributed by atoms with van der Waals surface area (Å²) < 4.78 is 0. The molecular formula is C8H8O. The first-order chi connectivity index (χ1) is 4.31. The van der Waals surface area contributed by atoms with Crippen LogP contribution in [0.5, 0.6) is 0 Å². The number of carbonyl (C=O) groups excluding carboxylic acids is 1. The van der Waals surface area contributed by atoms with E-state index in [9.17, 15) is 4.79 Å². The topological polar surface area (TPSA) is 17.1 Å². The van der Waals surface area contributed by atoms with Crippen LogP contribution in [-0.2, 0) is 4.79 Å². The van der Waals surface area contributed by atoms with Crippen molar-refractivity contribution in [2.45, 2.75) is 12.8 Å². The van der Waals surface area contributed by atoms with Gasteiger partial charge in [0.25, 0.3) is 0 Å². The first kappa shape index (κ1) is 7.75. The molecule has 0 amide bonds. The quantitative estimate of drug-likeness (QED) is 0.312. The molecule has 0 atom stereocenters. The Balaban J connectivity index is 3.42. The summed E-state index contributed by atoms with van der Waals surface area (Å²) in [5, 5.41) is 0. The van der Waals surface area contributed by atoms with Crippen LogP contribution in [0.3, 0.4) is 0 Å². The number of terminal acetylenes is 1. The number of allylic oxidation sites excluding steroid dienone is 1. The van der Waals surface area contributed by atoms with E-state index < -0.39 is 0 Å². The van der Waals surface area contributed by atoms with Crippen LogP contribution >= 0.6 is 0 Å². The zero-order valence-corrected chi connectivity index (χ0v) is 5.18. The summed E-state index contributed by atoms with van der Waals surface area (Å²) in [6.07, 6.45) is 7.54. The van der Waals surface area contributed by atoms with E-state index >= 15 is 0 Å². The van der Waals surface area contributed by atoms with E-state index in [-0.39, 0.29) is 5.78 Å². The Morgan fingerprint density at radius 2 is 2.44 bits per heavy atom. The maximum absolute atomic E-state index is 10.4. The molecule has 0 aliphatic heterocycles. The Bertz CT molecular complexity index is 177. The minimum absolute atomic E-state index is 0.165. The number of Topliss-reactive ketones (excluding diaryl/α,β-unsaturated/α-hetero) is 1. The average Bonchev–Trinajstić information content (AvgIpc) is 1.89. The molecule has 0 heterocycles. The molecule has 0 aromatic carbocycles. The maximum atomic E-state index is 10.4. The van der Waals surface area contributed by atoms with E-state index in [1.54, 1.807) is 6.08 Å². The van der Waals surface area contributed by atoms with Crippen molar-refractivity contribution < 1.29 is 4.79 Å². The Morgan fingerprint density at radius 3 is 2.89 bits per heavy atom. The molecule has 0 N–H and O–H groups in total. The van der Waals surface area contributed by atoms with E-state index in [4.69, 9.17) is 6.42 Å². The van der Waals surface area contributed by atoms with Crippen molar-refractivity contribution in [1.82, 2.24) is 0 Å². The second-order valence-corrected chi connectivity index (χ2v) is 1.51. The third kappa shape index (κ3) is 4.61. The van der Waals surface area contributed by atoms with Crippen molar-refractivity contribution in [3.8, 4) is 12.3 Å². The summed E-state index contributed by atoms with van der Waals surface area (Å²) >= 11 is 0. The molecule has 0 rings (SSSR count). The first-order valence-corrected chi connectivity index (χ1v) is 2.65. The Morgan fingerprint density at radius 1 is 1.78 bits per heavy atom. The summed E-state index contributed by atoms with van der Waals surface area (Å²) in [5.41, 5.74) is 2.55. The van der Waals surface area contributed by atoms with Gasteiger partial charge in [0.2, 0.25) is 5.78 Å². The molecule has 0 aromatic rings. The Labute approximate surface area is 55.1 Å². The molecule has 0 spiro atoms. The van der Waals surface area contributed by atoms with Gasteiger partial charge in [0, 0.05) is 6.42 Å². The Kier molecular flexibility index (Phi) is 4.22. The fourth-order valence-electron chi connectivity index (χ4n) is 0.377. The lowest BCUT2D eigenvalue weighted by Gasteiger charge is -1.82. The molecule has 0 saturated carbocycles. The molecular weight excluding hydrogens is 112 g/mol. The van der Waals surface area contributed by atoms with Crippen LogP contribution in [0, 0.1) is 12.3 Å². The minimum Gasteiger partial charge on any atom is -0.285 e. The van der Waals surface area contributed by atoms with E-state index in [2.05, 4.69) is 12.3 Å².